The van der Waals surface area contributed by atoms with Gasteiger partial charge >= 0.3 is 5.97 Å². The van der Waals surface area contributed by atoms with Crippen molar-refractivity contribution in [2.75, 3.05) is 27.3 Å². The maximum Gasteiger partial charge on any atom is 0.307 e. The minimum Gasteiger partial charge on any atom is -0.469 e. The Labute approximate surface area is 137 Å². The first-order valence-electron chi connectivity index (χ1n) is 8.44. The maximum absolute atomic E-state index is 11.1. The molecule has 0 bridgehead atoms. The van der Waals surface area contributed by atoms with Gasteiger partial charge in [-0.1, -0.05) is 39.3 Å². The van der Waals surface area contributed by atoms with Gasteiger partial charge < -0.3 is 9.47 Å². The number of carbonyl (C=O) groups is 1. The quantitative estimate of drug-likeness (QED) is 0.343. The molecule has 0 radical (unpaired) electrons. The van der Waals surface area contributed by atoms with Crippen molar-refractivity contribution < 1.29 is 14.3 Å². The summed E-state index contributed by atoms with van der Waals surface area (Å²) in [7, 11) is 3.46. The zero-order valence-electron chi connectivity index (χ0n) is 15.9. The molecule has 0 saturated carbocycles. The Morgan fingerprint density at radius 1 is 1.27 bits per heavy atom. The molecule has 0 fully saturated rings. The van der Waals surface area contributed by atoms with Gasteiger partial charge in [-0.05, 0) is 46.2 Å². The van der Waals surface area contributed by atoms with Crippen LogP contribution in [0.25, 0.3) is 0 Å². The van der Waals surface area contributed by atoms with Crippen LogP contribution in [-0.2, 0) is 14.3 Å². The van der Waals surface area contributed by atoms with Crippen molar-refractivity contribution in [1.82, 2.24) is 4.90 Å². The molecular formula is C18H37NO3. The summed E-state index contributed by atoms with van der Waals surface area (Å²) in [5.41, 5.74) is 1.35. The van der Waals surface area contributed by atoms with Gasteiger partial charge in [0.15, 0.2) is 0 Å². The Hall–Kier alpha value is -0.870. The molecule has 132 valence electrons. The Bertz CT molecular complexity index is 299. The highest BCUT2D eigenvalue weighted by molar-refractivity contribution is 5.69. The van der Waals surface area contributed by atoms with Crippen LogP contribution in [0.15, 0.2) is 11.6 Å². The first kappa shape index (κ1) is 23.4. The molecule has 0 rings (SSSR count). The summed E-state index contributed by atoms with van der Waals surface area (Å²) in [4.78, 5) is 13.3. The molecule has 0 N–H and O–H groups in total. The van der Waals surface area contributed by atoms with Gasteiger partial charge in [0, 0.05) is 0 Å². The van der Waals surface area contributed by atoms with Crippen LogP contribution in [0.4, 0.5) is 0 Å². The van der Waals surface area contributed by atoms with E-state index in [1.54, 1.807) is 0 Å². The van der Waals surface area contributed by atoms with E-state index in [0.29, 0.717) is 18.9 Å². The lowest BCUT2D eigenvalue weighted by Crippen LogP contribution is -2.39. The second-order valence-corrected chi connectivity index (χ2v) is 5.50. The number of methoxy groups -OCH3 is 1. The highest BCUT2D eigenvalue weighted by atomic mass is 16.5. The van der Waals surface area contributed by atoms with E-state index in [1.807, 2.05) is 13.8 Å². The normalized spacial score (nSPS) is 13.0. The molecule has 0 amide bonds. The number of hydrogen-bond donors (Lipinski definition) is 0. The molecular weight excluding hydrogens is 278 g/mol. The molecule has 0 spiro atoms. The van der Waals surface area contributed by atoms with Crippen molar-refractivity contribution >= 4 is 5.97 Å². The second kappa shape index (κ2) is 15.0. The van der Waals surface area contributed by atoms with Crippen LogP contribution in [0, 0.1) is 5.92 Å². The molecule has 4 nitrogen and oxygen atoms in total. The summed E-state index contributed by atoms with van der Waals surface area (Å²) in [6, 6.07) is 0. The van der Waals surface area contributed by atoms with Gasteiger partial charge in [0.05, 0.1) is 20.1 Å². The Morgan fingerprint density at radius 3 is 2.32 bits per heavy atom. The summed E-state index contributed by atoms with van der Waals surface area (Å²) in [5, 5.41) is 0. The number of nitrogens with zero attached hydrogens (tertiary/aromatic N) is 1. The van der Waals surface area contributed by atoms with Crippen molar-refractivity contribution in [3.63, 3.8) is 0 Å². The van der Waals surface area contributed by atoms with Gasteiger partial charge in [-0.3, -0.25) is 9.69 Å². The minimum absolute atomic E-state index is 0.0511. The third kappa shape index (κ3) is 11.8. The summed E-state index contributed by atoms with van der Waals surface area (Å²) in [6.45, 7) is 13.9. The minimum atomic E-state index is -0.222. The first-order valence-corrected chi connectivity index (χ1v) is 8.44. The van der Waals surface area contributed by atoms with Gasteiger partial charge in [0.1, 0.15) is 6.23 Å². The number of allylic oxidation sites excluding steroid dienone is 2. The molecule has 0 aromatic rings. The smallest absolute Gasteiger partial charge is 0.307 e. The van der Waals surface area contributed by atoms with Crippen molar-refractivity contribution in [1.29, 1.82) is 0 Å². The molecule has 0 aromatic carbocycles. The summed E-state index contributed by atoms with van der Waals surface area (Å²) in [5.74, 6) is 0.202. The van der Waals surface area contributed by atoms with Crippen LogP contribution in [0.3, 0.4) is 0 Å². The third-order valence-electron chi connectivity index (χ3n) is 3.42. The predicted octanol–water partition coefficient (Wildman–Crippen LogP) is 4.25. The molecule has 2 atom stereocenters. The van der Waals surface area contributed by atoms with E-state index in [4.69, 9.17) is 4.74 Å². The number of hydrogen-bond acceptors (Lipinski definition) is 4. The number of rotatable bonds is 10. The van der Waals surface area contributed by atoms with Crippen LogP contribution in [0.2, 0.25) is 0 Å². The van der Waals surface area contributed by atoms with E-state index in [-0.39, 0.29) is 12.2 Å². The Kier molecular flexibility index (Phi) is 16.0. The van der Waals surface area contributed by atoms with Gasteiger partial charge in [-0.2, -0.15) is 0 Å². The van der Waals surface area contributed by atoms with Crippen molar-refractivity contribution in [2.45, 2.75) is 67.0 Å². The fourth-order valence-electron chi connectivity index (χ4n) is 2.05. The lowest BCUT2D eigenvalue weighted by molar-refractivity contribution is -0.144. The molecule has 0 aliphatic rings. The van der Waals surface area contributed by atoms with Crippen LogP contribution >= 0.6 is 0 Å². The van der Waals surface area contributed by atoms with E-state index < -0.39 is 0 Å². The standard InChI is InChI=1S/C16H31NO3.C2H6/c1-7-17(5)16(20-12-11-15(18)19-6)14(4)10-8-9-13(2)3;1-2/h9,14,16H,7-8,10-12H2,1-6H3;1-2H3. The van der Waals surface area contributed by atoms with Crippen LogP contribution in [-0.4, -0.2) is 44.4 Å². The van der Waals surface area contributed by atoms with Crippen LogP contribution < -0.4 is 0 Å². The third-order valence-corrected chi connectivity index (χ3v) is 3.42. The molecule has 2 unspecified atom stereocenters. The number of ether oxygens (including phenoxy) is 2. The lowest BCUT2D eigenvalue weighted by Gasteiger charge is -2.32. The summed E-state index contributed by atoms with van der Waals surface area (Å²) >= 11 is 0. The fourth-order valence-corrected chi connectivity index (χ4v) is 2.05. The molecule has 0 aliphatic heterocycles. The second-order valence-electron chi connectivity index (χ2n) is 5.50. The topological polar surface area (TPSA) is 38.8 Å². The van der Waals surface area contributed by atoms with E-state index in [1.165, 1.54) is 12.7 Å². The number of esters is 1. The average Bonchev–Trinajstić information content (AvgIpc) is 2.51. The van der Waals surface area contributed by atoms with E-state index >= 15 is 0 Å². The van der Waals surface area contributed by atoms with Crippen molar-refractivity contribution in [3.8, 4) is 0 Å². The predicted molar refractivity (Wildman–Crippen MR) is 93.9 cm³/mol. The first-order chi connectivity index (χ1) is 10.4. The Balaban J connectivity index is 0. The largest absolute Gasteiger partial charge is 0.469 e. The Morgan fingerprint density at radius 2 is 1.86 bits per heavy atom. The lowest BCUT2D eigenvalue weighted by atomic mass is 10.0. The molecule has 0 saturated heterocycles. The van der Waals surface area contributed by atoms with E-state index in [0.717, 1.165) is 19.4 Å². The summed E-state index contributed by atoms with van der Waals surface area (Å²) < 4.78 is 10.5. The van der Waals surface area contributed by atoms with Gasteiger partial charge in [0.2, 0.25) is 0 Å². The van der Waals surface area contributed by atoms with Crippen LogP contribution in [0.1, 0.15) is 60.8 Å². The fraction of sp³-hybridized carbons (Fsp3) is 0.833. The van der Waals surface area contributed by atoms with E-state index in [2.05, 4.69) is 50.5 Å². The van der Waals surface area contributed by atoms with Gasteiger partial charge in [-0.15, -0.1) is 0 Å². The van der Waals surface area contributed by atoms with E-state index in [9.17, 15) is 4.79 Å². The molecule has 4 heteroatoms. The van der Waals surface area contributed by atoms with Gasteiger partial charge in [-0.25, -0.2) is 0 Å². The highest BCUT2D eigenvalue weighted by Gasteiger charge is 2.21. The SMILES string of the molecule is CC.CCN(C)C(OCCC(=O)OC)C(C)CCC=C(C)C. The molecule has 0 heterocycles. The molecule has 0 aliphatic carbocycles. The average molecular weight is 315 g/mol. The monoisotopic (exact) mass is 315 g/mol. The molecule has 22 heavy (non-hydrogen) atoms. The van der Waals surface area contributed by atoms with Crippen molar-refractivity contribution in [2.24, 2.45) is 5.92 Å². The summed E-state index contributed by atoms with van der Waals surface area (Å²) in [6.07, 6.45) is 4.77. The van der Waals surface area contributed by atoms with Gasteiger partial charge in [0.25, 0.3) is 0 Å². The number of carbonyl (C=O) groups excluding carboxylic acids is 1. The highest BCUT2D eigenvalue weighted by Crippen LogP contribution is 2.18. The van der Waals surface area contributed by atoms with Crippen molar-refractivity contribution in [3.05, 3.63) is 11.6 Å². The maximum atomic E-state index is 11.1. The van der Waals surface area contributed by atoms with Crippen LogP contribution in [0.5, 0.6) is 0 Å². The zero-order valence-corrected chi connectivity index (χ0v) is 15.9. The zero-order chi connectivity index (χ0) is 17.5. The molecule has 0 aromatic heterocycles.